The topological polar surface area (TPSA) is 68.0 Å². The SMILES string of the molecule is Cc1cc(/C=C(\CCC(=O)O)c2nc3ccccc3s2)c(C)n1-c1nccs1. The Morgan fingerprint density at radius 3 is 2.79 bits per heavy atom. The molecule has 0 bridgehead atoms. The fourth-order valence-corrected chi connectivity index (χ4v) is 4.99. The molecule has 5 nitrogen and oxygen atoms in total. The molecule has 4 aromatic rings. The summed E-state index contributed by atoms with van der Waals surface area (Å²) in [6, 6.07) is 10.1. The molecule has 0 amide bonds. The van der Waals surface area contributed by atoms with Gasteiger partial charge in [-0.3, -0.25) is 9.36 Å². The van der Waals surface area contributed by atoms with E-state index in [1.807, 2.05) is 29.6 Å². The van der Waals surface area contributed by atoms with Crippen LogP contribution in [0.4, 0.5) is 0 Å². The van der Waals surface area contributed by atoms with Gasteiger partial charge in [-0.2, -0.15) is 0 Å². The van der Waals surface area contributed by atoms with Gasteiger partial charge >= 0.3 is 5.97 Å². The number of thiazole rings is 2. The highest BCUT2D eigenvalue weighted by Crippen LogP contribution is 2.32. The van der Waals surface area contributed by atoms with Crippen LogP contribution in [0.2, 0.25) is 0 Å². The maximum atomic E-state index is 11.2. The van der Waals surface area contributed by atoms with Crippen molar-refractivity contribution in [3.8, 4) is 5.13 Å². The molecule has 0 aliphatic carbocycles. The van der Waals surface area contributed by atoms with Crippen molar-refractivity contribution < 1.29 is 9.90 Å². The van der Waals surface area contributed by atoms with Crippen molar-refractivity contribution in [3.05, 3.63) is 63.9 Å². The molecule has 0 unspecified atom stereocenters. The molecule has 3 aromatic heterocycles. The molecular weight excluding hydrogens is 390 g/mol. The summed E-state index contributed by atoms with van der Waals surface area (Å²) >= 11 is 3.19. The molecule has 142 valence electrons. The second-order valence-corrected chi connectivity index (χ2v) is 8.43. The average molecular weight is 410 g/mol. The summed E-state index contributed by atoms with van der Waals surface area (Å²) < 4.78 is 3.23. The van der Waals surface area contributed by atoms with Crippen molar-refractivity contribution >= 4 is 50.5 Å². The number of nitrogens with zero attached hydrogens (tertiary/aromatic N) is 3. The molecule has 0 spiro atoms. The molecular formula is C21H19N3O2S2. The molecule has 0 radical (unpaired) electrons. The van der Waals surface area contributed by atoms with E-state index in [1.165, 1.54) is 0 Å². The van der Waals surface area contributed by atoms with Crippen LogP contribution >= 0.6 is 22.7 Å². The van der Waals surface area contributed by atoms with E-state index in [0.717, 1.165) is 42.9 Å². The Hall–Kier alpha value is -2.77. The van der Waals surface area contributed by atoms with Crippen LogP contribution in [0.3, 0.4) is 0 Å². The molecule has 0 atom stereocenters. The zero-order chi connectivity index (χ0) is 19.7. The highest BCUT2D eigenvalue weighted by atomic mass is 32.1. The number of para-hydroxylation sites is 1. The molecule has 28 heavy (non-hydrogen) atoms. The van der Waals surface area contributed by atoms with Crippen molar-refractivity contribution in [2.75, 3.05) is 0 Å². The van der Waals surface area contributed by atoms with Crippen molar-refractivity contribution in [2.24, 2.45) is 0 Å². The summed E-state index contributed by atoms with van der Waals surface area (Å²) in [4.78, 5) is 20.3. The maximum absolute atomic E-state index is 11.2. The molecule has 0 saturated carbocycles. The first-order chi connectivity index (χ1) is 13.5. The number of fused-ring (bicyclic) bond motifs is 1. The van der Waals surface area contributed by atoms with Gasteiger partial charge in [0.1, 0.15) is 5.01 Å². The molecule has 1 N–H and O–H groups in total. The lowest BCUT2D eigenvalue weighted by Gasteiger charge is -2.06. The van der Waals surface area contributed by atoms with Gasteiger partial charge in [-0.25, -0.2) is 9.97 Å². The van der Waals surface area contributed by atoms with Gasteiger partial charge in [-0.05, 0) is 55.7 Å². The average Bonchev–Trinajstić information content (AvgIpc) is 3.38. The monoisotopic (exact) mass is 409 g/mol. The lowest BCUT2D eigenvalue weighted by atomic mass is 10.1. The number of aryl methyl sites for hydroxylation is 1. The molecule has 0 fully saturated rings. The van der Waals surface area contributed by atoms with Gasteiger partial charge in [0.25, 0.3) is 0 Å². The van der Waals surface area contributed by atoms with Gasteiger partial charge in [0.05, 0.1) is 10.2 Å². The van der Waals surface area contributed by atoms with Gasteiger partial charge in [-0.15, -0.1) is 22.7 Å². The molecule has 7 heteroatoms. The minimum atomic E-state index is -0.805. The Morgan fingerprint density at radius 2 is 2.07 bits per heavy atom. The standard InChI is InChI=1S/C21H19N3O2S2/c1-13-11-16(14(2)24(13)21-22-9-10-27-21)12-15(7-8-19(25)26)20-23-17-5-3-4-6-18(17)28-20/h3-6,9-12H,7-8H2,1-2H3,(H,25,26)/b15-12+. The lowest BCUT2D eigenvalue weighted by Crippen LogP contribution is -1.98. The summed E-state index contributed by atoms with van der Waals surface area (Å²) in [5, 5.41) is 13.0. The summed E-state index contributed by atoms with van der Waals surface area (Å²) in [7, 11) is 0. The van der Waals surface area contributed by atoms with E-state index in [0.29, 0.717) is 6.42 Å². The van der Waals surface area contributed by atoms with E-state index in [4.69, 9.17) is 4.98 Å². The van der Waals surface area contributed by atoms with E-state index in [-0.39, 0.29) is 6.42 Å². The number of hydrogen-bond donors (Lipinski definition) is 1. The first-order valence-electron chi connectivity index (χ1n) is 8.90. The zero-order valence-electron chi connectivity index (χ0n) is 15.5. The van der Waals surface area contributed by atoms with Crippen LogP contribution in [0.15, 0.2) is 41.9 Å². The van der Waals surface area contributed by atoms with Crippen LogP contribution in [0.5, 0.6) is 0 Å². The van der Waals surface area contributed by atoms with Crippen LogP contribution < -0.4 is 0 Å². The molecule has 4 rings (SSSR count). The molecule has 0 aliphatic rings. The first-order valence-corrected chi connectivity index (χ1v) is 10.6. The number of carboxylic acid groups (broad SMARTS) is 1. The predicted octanol–water partition coefficient (Wildman–Crippen LogP) is 5.57. The number of hydrogen-bond acceptors (Lipinski definition) is 5. The third-order valence-corrected chi connectivity index (χ3v) is 6.46. The van der Waals surface area contributed by atoms with Crippen molar-refractivity contribution in [1.29, 1.82) is 0 Å². The van der Waals surface area contributed by atoms with Crippen LogP contribution in [0.25, 0.3) is 27.0 Å². The number of rotatable bonds is 6. The molecule has 1 aromatic carbocycles. The first kappa shape index (κ1) is 18.6. The molecule has 0 aliphatic heterocycles. The van der Waals surface area contributed by atoms with Gasteiger partial charge in [-0.1, -0.05) is 12.1 Å². The minimum absolute atomic E-state index is 0.0764. The summed E-state index contributed by atoms with van der Waals surface area (Å²) in [5.41, 5.74) is 5.13. The van der Waals surface area contributed by atoms with Crippen LogP contribution in [0, 0.1) is 13.8 Å². The second-order valence-electron chi connectivity index (χ2n) is 6.53. The molecule has 3 heterocycles. The quantitative estimate of drug-likeness (QED) is 0.452. The lowest BCUT2D eigenvalue weighted by molar-refractivity contribution is -0.136. The van der Waals surface area contributed by atoms with Crippen LogP contribution in [-0.4, -0.2) is 25.6 Å². The number of carboxylic acids is 1. The number of allylic oxidation sites excluding steroid dienone is 1. The summed E-state index contributed by atoms with van der Waals surface area (Å²) in [6.45, 7) is 4.12. The third-order valence-electron chi connectivity index (χ3n) is 4.59. The van der Waals surface area contributed by atoms with Gasteiger partial charge in [0, 0.05) is 29.4 Å². The molecule has 0 saturated heterocycles. The van der Waals surface area contributed by atoms with Crippen molar-refractivity contribution in [2.45, 2.75) is 26.7 Å². The fraction of sp³-hybridized carbons (Fsp3) is 0.190. The number of carbonyl (C=O) groups is 1. The smallest absolute Gasteiger partial charge is 0.303 e. The number of aromatic nitrogens is 3. The van der Waals surface area contributed by atoms with E-state index < -0.39 is 5.97 Å². The Balaban J connectivity index is 1.79. The Kier molecular flexibility index (Phi) is 5.11. The van der Waals surface area contributed by atoms with E-state index >= 15 is 0 Å². The minimum Gasteiger partial charge on any atom is -0.481 e. The summed E-state index contributed by atoms with van der Waals surface area (Å²) in [6.07, 6.45) is 4.39. The van der Waals surface area contributed by atoms with E-state index in [9.17, 15) is 9.90 Å². The van der Waals surface area contributed by atoms with Crippen LogP contribution in [0.1, 0.15) is 34.8 Å². The van der Waals surface area contributed by atoms with Crippen molar-refractivity contribution in [1.82, 2.24) is 14.5 Å². The van der Waals surface area contributed by atoms with Gasteiger partial charge < -0.3 is 5.11 Å². The normalized spacial score (nSPS) is 12.0. The highest BCUT2D eigenvalue weighted by molar-refractivity contribution is 7.19. The van der Waals surface area contributed by atoms with Gasteiger partial charge in [0.2, 0.25) is 0 Å². The third kappa shape index (κ3) is 3.63. The predicted molar refractivity (Wildman–Crippen MR) is 115 cm³/mol. The Morgan fingerprint density at radius 1 is 1.25 bits per heavy atom. The summed E-state index contributed by atoms with van der Waals surface area (Å²) in [5.74, 6) is -0.805. The number of aliphatic carboxylic acids is 1. The van der Waals surface area contributed by atoms with E-state index in [1.54, 1.807) is 28.9 Å². The Bertz CT molecular complexity index is 1140. The fourth-order valence-electron chi connectivity index (χ4n) is 3.23. The van der Waals surface area contributed by atoms with Crippen molar-refractivity contribution in [3.63, 3.8) is 0 Å². The van der Waals surface area contributed by atoms with Crippen LogP contribution in [-0.2, 0) is 4.79 Å². The van der Waals surface area contributed by atoms with E-state index in [2.05, 4.69) is 35.5 Å². The highest BCUT2D eigenvalue weighted by Gasteiger charge is 2.15. The largest absolute Gasteiger partial charge is 0.481 e. The maximum Gasteiger partial charge on any atom is 0.303 e. The second kappa shape index (κ2) is 7.69. The Labute approximate surface area is 170 Å². The zero-order valence-corrected chi connectivity index (χ0v) is 17.2. The number of benzene rings is 1. The van der Waals surface area contributed by atoms with Gasteiger partial charge in [0.15, 0.2) is 5.13 Å².